The summed E-state index contributed by atoms with van der Waals surface area (Å²) in [6.45, 7) is 0. The van der Waals surface area contributed by atoms with Crippen LogP contribution in [-0.2, 0) is 16.0 Å². The second-order valence-corrected chi connectivity index (χ2v) is 6.41. The monoisotopic (exact) mass is 393 g/mol. The number of nitrogens with two attached hydrogens (primary N) is 1. The topological polar surface area (TPSA) is 144 Å². The number of allylic oxidation sites excluding steroid dienone is 1. The van der Waals surface area contributed by atoms with Crippen molar-refractivity contribution in [1.29, 1.82) is 0 Å². The molecule has 0 aromatic carbocycles. The van der Waals surface area contributed by atoms with Gasteiger partial charge in [0.2, 0.25) is 11.8 Å². The van der Waals surface area contributed by atoms with E-state index in [-0.39, 0.29) is 30.1 Å². The molecule has 0 bridgehead atoms. The highest BCUT2D eigenvalue weighted by Gasteiger charge is 2.28. The van der Waals surface area contributed by atoms with Crippen LogP contribution in [0.4, 0.5) is 0 Å². The molecule has 3 heterocycles. The molecule has 4 N–H and O–H groups in total. The number of carbonyl (C=O) groups is 4. The first-order valence-electron chi connectivity index (χ1n) is 8.96. The highest BCUT2D eigenvalue weighted by Crippen LogP contribution is 2.09. The Balaban J connectivity index is 1.66. The van der Waals surface area contributed by atoms with Crippen molar-refractivity contribution in [3.63, 3.8) is 0 Å². The molecule has 0 radical (unpaired) electrons. The van der Waals surface area contributed by atoms with E-state index in [0.29, 0.717) is 17.7 Å². The molecular formula is C20H19N5O4. The number of nitrogens with one attached hydrogen (secondary N) is 2. The molecule has 1 fully saturated rings. The van der Waals surface area contributed by atoms with Gasteiger partial charge in [0.25, 0.3) is 11.8 Å². The van der Waals surface area contributed by atoms with Crippen LogP contribution in [0.25, 0.3) is 6.08 Å². The third kappa shape index (κ3) is 5.10. The van der Waals surface area contributed by atoms with E-state index >= 15 is 0 Å². The average molecular weight is 393 g/mol. The fraction of sp³-hybridized carbons (Fsp3) is 0.200. The lowest BCUT2D eigenvalue weighted by Gasteiger charge is -2.21. The number of rotatable bonds is 6. The largest absolute Gasteiger partial charge is 0.364 e. The minimum absolute atomic E-state index is 0.149. The molecule has 9 nitrogen and oxygen atoms in total. The van der Waals surface area contributed by atoms with Gasteiger partial charge in [-0.15, -0.1) is 0 Å². The predicted octanol–water partition coefficient (Wildman–Crippen LogP) is 0.366. The molecule has 148 valence electrons. The van der Waals surface area contributed by atoms with E-state index in [0.717, 1.165) is 0 Å². The maximum Gasteiger partial charge on any atom is 0.270 e. The third-order valence-electron chi connectivity index (χ3n) is 4.30. The molecular weight excluding hydrogens is 374 g/mol. The molecule has 4 amide bonds. The number of hydrogen-bond acceptors (Lipinski definition) is 6. The van der Waals surface area contributed by atoms with E-state index < -0.39 is 23.8 Å². The number of aromatic nitrogens is 2. The Morgan fingerprint density at radius 3 is 2.83 bits per heavy atom. The highest BCUT2D eigenvalue weighted by atomic mass is 16.2. The maximum absolute atomic E-state index is 12.4. The standard InChI is InChI=1S/C20H19N5O4/c21-18(27)17-12(5-3-11-22-17)4-1-6-13-7-2-8-14(23-13)19(28)24-15-9-10-16(26)25-20(15)29/h1-3,5-8,11,15H,4,9-10H2,(H2,21,27)(H,24,28)(H,25,26,29). The number of nitrogens with zero attached hydrogens (tertiary/aromatic N) is 2. The molecule has 1 aliphatic heterocycles. The Kier molecular flexibility index (Phi) is 6.08. The van der Waals surface area contributed by atoms with Gasteiger partial charge in [0, 0.05) is 12.6 Å². The summed E-state index contributed by atoms with van der Waals surface area (Å²) in [4.78, 5) is 55.0. The van der Waals surface area contributed by atoms with Crippen LogP contribution in [0.3, 0.4) is 0 Å². The minimum Gasteiger partial charge on any atom is -0.364 e. The lowest BCUT2D eigenvalue weighted by atomic mass is 10.1. The molecule has 29 heavy (non-hydrogen) atoms. The van der Waals surface area contributed by atoms with Gasteiger partial charge in [-0.05, 0) is 42.7 Å². The number of primary amides is 1. The number of hydrogen-bond donors (Lipinski definition) is 3. The van der Waals surface area contributed by atoms with Crippen LogP contribution in [0.2, 0.25) is 0 Å². The summed E-state index contributed by atoms with van der Waals surface area (Å²) in [6.07, 6.45) is 5.84. The zero-order valence-corrected chi connectivity index (χ0v) is 15.4. The van der Waals surface area contributed by atoms with Crippen molar-refractivity contribution in [2.45, 2.75) is 25.3 Å². The van der Waals surface area contributed by atoms with Crippen molar-refractivity contribution in [3.8, 4) is 0 Å². The summed E-state index contributed by atoms with van der Waals surface area (Å²) in [7, 11) is 0. The Labute approximate surface area is 166 Å². The van der Waals surface area contributed by atoms with E-state index in [1.165, 1.54) is 12.3 Å². The fourth-order valence-corrected chi connectivity index (χ4v) is 2.87. The molecule has 2 aromatic rings. The fourth-order valence-electron chi connectivity index (χ4n) is 2.87. The maximum atomic E-state index is 12.4. The minimum atomic E-state index is -0.765. The Hall–Kier alpha value is -3.88. The summed E-state index contributed by atoms with van der Waals surface area (Å²) >= 11 is 0. The van der Waals surface area contributed by atoms with Gasteiger partial charge in [0.15, 0.2) is 0 Å². The van der Waals surface area contributed by atoms with Gasteiger partial charge < -0.3 is 11.1 Å². The zero-order chi connectivity index (χ0) is 20.8. The van der Waals surface area contributed by atoms with Gasteiger partial charge in [-0.25, -0.2) is 4.98 Å². The molecule has 1 unspecified atom stereocenters. The summed E-state index contributed by atoms with van der Waals surface area (Å²) in [6, 6.07) is 7.63. The predicted molar refractivity (Wildman–Crippen MR) is 103 cm³/mol. The molecule has 3 rings (SSSR count). The first-order valence-corrected chi connectivity index (χ1v) is 8.96. The Morgan fingerprint density at radius 2 is 2.07 bits per heavy atom. The third-order valence-corrected chi connectivity index (χ3v) is 4.30. The molecule has 0 saturated carbocycles. The number of piperidine rings is 1. The van der Waals surface area contributed by atoms with Gasteiger partial charge >= 0.3 is 0 Å². The summed E-state index contributed by atoms with van der Waals surface area (Å²) < 4.78 is 0. The number of pyridine rings is 2. The lowest BCUT2D eigenvalue weighted by Crippen LogP contribution is -2.52. The number of amides is 4. The average Bonchev–Trinajstić information content (AvgIpc) is 2.70. The molecule has 0 aliphatic carbocycles. The van der Waals surface area contributed by atoms with Gasteiger partial charge in [-0.2, -0.15) is 0 Å². The Bertz CT molecular complexity index is 1000. The molecule has 0 spiro atoms. The quantitative estimate of drug-likeness (QED) is 0.605. The second kappa shape index (κ2) is 8.87. The smallest absolute Gasteiger partial charge is 0.270 e. The molecule has 1 aliphatic rings. The van der Waals surface area contributed by atoms with E-state index in [1.54, 1.807) is 36.4 Å². The molecule has 9 heteroatoms. The second-order valence-electron chi connectivity index (χ2n) is 6.41. The summed E-state index contributed by atoms with van der Waals surface area (Å²) in [5.41, 5.74) is 6.89. The Morgan fingerprint density at radius 1 is 1.24 bits per heavy atom. The first-order chi connectivity index (χ1) is 13.9. The van der Waals surface area contributed by atoms with Crippen LogP contribution in [0, 0.1) is 0 Å². The van der Waals surface area contributed by atoms with Gasteiger partial charge in [-0.1, -0.05) is 18.2 Å². The summed E-state index contributed by atoms with van der Waals surface area (Å²) in [5, 5.41) is 4.78. The van der Waals surface area contributed by atoms with E-state index in [1.807, 2.05) is 0 Å². The van der Waals surface area contributed by atoms with Gasteiger partial charge in [0.1, 0.15) is 17.4 Å². The van der Waals surface area contributed by atoms with E-state index in [9.17, 15) is 19.2 Å². The van der Waals surface area contributed by atoms with Crippen molar-refractivity contribution in [2.24, 2.45) is 5.73 Å². The van der Waals surface area contributed by atoms with E-state index in [4.69, 9.17) is 5.73 Å². The van der Waals surface area contributed by atoms with Crippen molar-refractivity contribution in [2.75, 3.05) is 0 Å². The molecule has 2 aromatic heterocycles. The van der Waals surface area contributed by atoms with Crippen LogP contribution in [0.15, 0.2) is 42.6 Å². The van der Waals surface area contributed by atoms with Crippen molar-refractivity contribution in [3.05, 3.63) is 65.2 Å². The molecule has 1 saturated heterocycles. The van der Waals surface area contributed by atoms with Gasteiger partial charge in [-0.3, -0.25) is 29.5 Å². The number of carbonyl (C=O) groups excluding carboxylic acids is 4. The van der Waals surface area contributed by atoms with E-state index in [2.05, 4.69) is 20.6 Å². The van der Waals surface area contributed by atoms with Crippen LogP contribution >= 0.6 is 0 Å². The summed E-state index contributed by atoms with van der Waals surface area (Å²) in [5.74, 6) is -1.97. The number of imide groups is 1. The SMILES string of the molecule is NC(=O)c1ncccc1CC=Cc1cccc(C(=O)NC2CCC(=O)NC2=O)n1. The van der Waals surface area contributed by atoms with Crippen molar-refractivity contribution < 1.29 is 19.2 Å². The van der Waals surface area contributed by atoms with Crippen LogP contribution in [-0.4, -0.2) is 39.6 Å². The molecule has 1 atom stereocenters. The highest BCUT2D eigenvalue weighted by molar-refractivity contribution is 6.03. The van der Waals surface area contributed by atoms with Crippen LogP contribution in [0.5, 0.6) is 0 Å². The van der Waals surface area contributed by atoms with Crippen molar-refractivity contribution >= 4 is 29.7 Å². The normalized spacial score (nSPS) is 16.5. The first kappa shape index (κ1) is 19.9. The van der Waals surface area contributed by atoms with Crippen LogP contribution < -0.4 is 16.4 Å². The lowest BCUT2D eigenvalue weighted by molar-refractivity contribution is -0.134. The van der Waals surface area contributed by atoms with Gasteiger partial charge in [0.05, 0.1) is 5.69 Å². The van der Waals surface area contributed by atoms with Crippen LogP contribution in [0.1, 0.15) is 45.1 Å². The van der Waals surface area contributed by atoms with Crippen molar-refractivity contribution in [1.82, 2.24) is 20.6 Å². The zero-order valence-electron chi connectivity index (χ0n) is 15.4.